The number of nitrogens with two attached hydrogens (primary N) is 1. The molecule has 0 spiro atoms. The Labute approximate surface area is 107 Å². The van der Waals surface area contributed by atoms with Gasteiger partial charge in [-0.3, -0.25) is 9.48 Å². The molecule has 5 nitrogen and oxygen atoms in total. The van der Waals surface area contributed by atoms with Crippen LogP contribution in [0.2, 0.25) is 0 Å². The Bertz CT molecular complexity index is 481. The summed E-state index contributed by atoms with van der Waals surface area (Å²) in [7, 11) is 0. The molecular weight excluding hydrogens is 230 g/mol. The first-order valence-corrected chi connectivity index (χ1v) is 6.40. The molecule has 2 rings (SSSR count). The van der Waals surface area contributed by atoms with Crippen molar-refractivity contribution in [3.05, 3.63) is 17.0 Å². The third-order valence-electron chi connectivity index (χ3n) is 4.22. The molecule has 1 heterocycles. The highest BCUT2D eigenvalue weighted by molar-refractivity contribution is 5.78. The molecule has 3 N–H and O–H groups in total. The topological polar surface area (TPSA) is 81.1 Å². The van der Waals surface area contributed by atoms with Gasteiger partial charge in [-0.2, -0.15) is 5.10 Å². The van der Waals surface area contributed by atoms with Gasteiger partial charge in [0.2, 0.25) is 0 Å². The van der Waals surface area contributed by atoms with Crippen molar-refractivity contribution in [1.82, 2.24) is 9.78 Å². The fraction of sp³-hybridized carbons (Fsp3) is 0.692. The molecule has 2 unspecified atom stereocenters. The minimum Gasteiger partial charge on any atom is -0.480 e. The average Bonchev–Trinajstić information content (AvgIpc) is 2.57. The average molecular weight is 251 g/mol. The molecule has 1 aliphatic rings. The number of carbonyl (C=O) groups is 1. The molecule has 0 aromatic carbocycles. The summed E-state index contributed by atoms with van der Waals surface area (Å²) >= 11 is 0. The minimum atomic E-state index is -1.09. The summed E-state index contributed by atoms with van der Waals surface area (Å²) in [5, 5.41) is 13.8. The van der Waals surface area contributed by atoms with Gasteiger partial charge in [-0.05, 0) is 52.0 Å². The predicted molar refractivity (Wildman–Crippen MR) is 68.5 cm³/mol. The van der Waals surface area contributed by atoms with E-state index in [9.17, 15) is 9.90 Å². The van der Waals surface area contributed by atoms with Gasteiger partial charge in [0.05, 0.1) is 11.7 Å². The summed E-state index contributed by atoms with van der Waals surface area (Å²) in [6.45, 7) is 6.06. The summed E-state index contributed by atoms with van der Waals surface area (Å²) < 4.78 is 1.97. The van der Waals surface area contributed by atoms with E-state index in [2.05, 4.69) is 5.10 Å². The van der Waals surface area contributed by atoms with Crippen molar-refractivity contribution in [3.8, 4) is 0 Å². The number of hydrogen-bond donors (Lipinski definition) is 2. The number of carboxylic acid groups (broad SMARTS) is 1. The Kier molecular flexibility index (Phi) is 3.19. The van der Waals surface area contributed by atoms with Crippen molar-refractivity contribution in [2.45, 2.75) is 58.0 Å². The van der Waals surface area contributed by atoms with Gasteiger partial charge in [-0.1, -0.05) is 0 Å². The van der Waals surface area contributed by atoms with E-state index in [0.717, 1.165) is 24.2 Å². The molecule has 1 aromatic rings. The van der Waals surface area contributed by atoms with E-state index in [1.54, 1.807) is 0 Å². The van der Waals surface area contributed by atoms with E-state index in [0.29, 0.717) is 12.8 Å². The van der Waals surface area contributed by atoms with Crippen molar-refractivity contribution in [2.75, 3.05) is 0 Å². The van der Waals surface area contributed by atoms with Crippen LogP contribution in [0.3, 0.4) is 0 Å². The second-order valence-electron chi connectivity index (χ2n) is 5.45. The Morgan fingerprint density at radius 1 is 1.50 bits per heavy atom. The molecule has 1 aliphatic carbocycles. The number of rotatable bonds is 2. The van der Waals surface area contributed by atoms with Crippen LogP contribution in [0.5, 0.6) is 0 Å². The van der Waals surface area contributed by atoms with Crippen molar-refractivity contribution >= 4 is 5.97 Å². The molecule has 0 aliphatic heterocycles. The van der Waals surface area contributed by atoms with Crippen LogP contribution in [-0.4, -0.2) is 26.4 Å². The monoisotopic (exact) mass is 251 g/mol. The Hall–Kier alpha value is -1.36. The normalized spacial score (nSPS) is 28.3. The maximum absolute atomic E-state index is 11.3. The highest BCUT2D eigenvalue weighted by Crippen LogP contribution is 2.35. The highest BCUT2D eigenvalue weighted by Gasteiger charge is 2.40. The van der Waals surface area contributed by atoms with Crippen LogP contribution in [0, 0.1) is 20.8 Å². The molecule has 0 saturated heterocycles. The van der Waals surface area contributed by atoms with Crippen LogP contribution in [0.1, 0.15) is 48.7 Å². The molecule has 0 radical (unpaired) electrons. The first-order valence-electron chi connectivity index (χ1n) is 6.40. The van der Waals surface area contributed by atoms with E-state index >= 15 is 0 Å². The maximum atomic E-state index is 11.3. The molecule has 1 aromatic heterocycles. The third-order valence-corrected chi connectivity index (χ3v) is 4.22. The molecule has 18 heavy (non-hydrogen) atoms. The summed E-state index contributed by atoms with van der Waals surface area (Å²) in [6.07, 6.45) is 2.80. The van der Waals surface area contributed by atoms with E-state index in [-0.39, 0.29) is 6.04 Å². The molecule has 2 atom stereocenters. The molecule has 1 fully saturated rings. The number of aryl methyl sites for hydroxylation is 1. The summed E-state index contributed by atoms with van der Waals surface area (Å²) in [5.41, 5.74) is 8.20. The fourth-order valence-electron chi connectivity index (χ4n) is 2.78. The van der Waals surface area contributed by atoms with Crippen LogP contribution >= 0.6 is 0 Å². The lowest BCUT2D eigenvalue weighted by Gasteiger charge is -2.35. The van der Waals surface area contributed by atoms with E-state index < -0.39 is 11.5 Å². The van der Waals surface area contributed by atoms with E-state index in [4.69, 9.17) is 5.73 Å². The van der Waals surface area contributed by atoms with Gasteiger partial charge < -0.3 is 10.8 Å². The number of nitrogens with zero attached hydrogens (tertiary/aromatic N) is 2. The van der Waals surface area contributed by atoms with Crippen molar-refractivity contribution in [2.24, 2.45) is 5.73 Å². The number of aliphatic carboxylic acids is 1. The molecule has 0 amide bonds. The van der Waals surface area contributed by atoms with Gasteiger partial charge >= 0.3 is 5.97 Å². The van der Waals surface area contributed by atoms with Crippen LogP contribution in [-0.2, 0) is 4.79 Å². The number of carboxylic acids is 1. The molecule has 1 saturated carbocycles. The lowest BCUT2D eigenvalue weighted by atomic mass is 9.80. The zero-order valence-corrected chi connectivity index (χ0v) is 11.2. The third kappa shape index (κ3) is 2.03. The van der Waals surface area contributed by atoms with E-state index in [1.807, 2.05) is 25.5 Å². The Morgan fingerprint density at radius 2 is 2.17 bits per heavy atom. The van der Waals surface area contributed by atoms with Gasteiger partial charge in [0.1, 0.15) is 5.54 Å². The van der Waals surface area contributed by atoms with Gasteiger partial charge in [0, 0.05) is 5.69 Å². The highest BCUT2D eigenvalue weighted by atomic mass is 16.4. The Balaban J connectivity index is 2.29. The van der Waals surface area contributed by atoms with Crippen LogP contribution in [0.15, 0.2) is 0 Å². The lowest BCUT2D eigenvalue weighted by molar-refractivity contribution is -0.145. The first-order chi connectivity index (χ1) is 8.35. The minimum absolute atomic E-state index is 0.104. The van der Waals surface area contributed by atoms with E-state index in [1.165, 1.54) is 5.56 Å². The fourth-order valence-corrected chi connectivity index (χ4v) is 2.78. The van der Waals surface area contributed by atoms with Crippen molar-refractivity contribution < 1.29 is 9.90 Å². The predicted octanol–water partition coefficient (Wildman–Crippen LogP) is 1.71. The first kappa shape index (κ1) is 13.1. The maximum Gasteiger partial charge on any atom is 0.323 e. The molecule has 5 heteroatoms. The number of hydrogen-bond acceptors (Lipinski definition) is 3. The quantitative estimate of drug-likeness (QED) is 0.838. The summed E-state index contributed by atoms with van der Waals surface area (Å²) in [4.78, 5) is 11.3. The summed E-state index contributed by atoms with van der Waals surface area (Å²) in [5.74, 6) is -0.898. The number of aromatic nitrogens is 2. The lowest BCUT2D eigenvalue weighted by Crippen LogP contribution is -2.51. The summed E-state index contributed by atoms with van der Waals surface area (Å²) in [6, 6.07) is 0.104. The Morgan fingerprint density at radius 3 is 2.67 bits per heavy atom. The van der Waals surface area contributed by atoms with Gasteiger partial charge in [0.25, 0.3) is 0 Å². The zero-order chi connectivity index (χ0) is 13.5. The van der Waals surface area contributed by atoms with Gasteiger partial charge in [-0.25, -0.2) is 0 Å². The SMILES string of the molecule is Cc1nn(C2CCCC(N)(C(=O)O)C2)c(C)c1C. The second kappa shape index (κ2) is 4.39. The van der Waals surface area contributed by atoms with Gasteiger partial charge in [-0.15, -0.1) is 0 Å². The zero-order valence-electron chi connectivity index (χ0n) is 11.2. The van der Waals surface area contributed by atoms with Crippen molar-refractivity contribution in [1.29, 1.82) is 0 Å². The largest absolute Gasteiger partial charge is 0.480 e. The smallest absolute Gasteiger partial charge is 0.323 e. The molecular formula is C13H21N3O2. The van der Waals surface area contributed by atoms with Crippen LogP contribution < -0.4 is 5.73 Å². The molecule has 100 valence electrons. The van der Waals surface area contributed by atoms with Crippen LogP contribution in [0.25, 0.3) is 0 Å². The van der Waals surface area contributed by atoms with Crippen molar-refractivity contribution in [3.63, 3.8) is 0 Å². The standard InChI is InChI=1S/C13H21N3O2/c1-8-9(2)15-16(10(8)3)11-5-4-6-13(14,7-11)12(17)18/h11H,4-7,14H2,1-3H3,(H,17,18). The van der Waals surface area contributed by atoms with Crippen LogP contribution in [0.4, 0.5) is 0 Å². The van der Waals surface area contributed by atoms with Gasteiger partial charge in [0.15, 0.2) is 0 Å². The molecule has 0 bridgehead atoms. The second-order valence-corrected chi connectivity index (χ2v) is 5.45.